The Kier molecular flexibility index (Phi) is 5.02. The van der Waals surface area contributed by atoms with Crippen LogP contribution in [0.15, 0.2) is 30.6 Å². The predicted molar refractivity (Wildman–Crippen MR) is 92.7 cm³/mol. The van der Waals surface area contributed by atoms with Gasteiger partial charge in [-0.2, -0.15) is 0 Å². The third kappa shape index (κ3) is 4.16. The number of nitrogens with zero attached hydrogens (tertiary/aromatic N) is 5. The van der Waals surface area contributed by atoms with Crippen molar-refractivity contribution in [2.24, 2.45) is 0 Å². The number of likely N-dealkylation sites (N-methyl/N-ethyl adjacent to an activating group) is 1. The summed E-state index contributed by atoms with van der Waals surface area (Å²) < 4.78 is 0. The average molecular weight is 312 g/mol. The third-order valence-corrected chi connectivity index (χ3v) is 4.16. The van der Waals surface area contributed by atoms with E-state index >= 15 is 0 Å². The molecule has 23 heavy (non-hydrogen) atoms. The van der Waals surface area contributed by atoms with Gasteiger partial charge in [-0.3, -0.25) is 4.98 Å². The molecule has 0 saturated carbocycles. The van der Waals surface area contributed by atoms with Gasteiger partial charge in [0.05, 0.1) is 0 Å². The van der Waals surface area contributed by atoms with Crippen molar-refractivity contribution in [3.8, 4) is 0 Å². The van der Waals surface area contributed by atoms with Crippen molar-refractivity contribution in [1.82, 2.24) is 19.9 Å². The van der Waals surface area contributed by atoms with Gasteiger partial charge in [0.15, 0.2) is 0 Å². The lowest BCUT2D eigenvalue weighted by Gasteiger charge is -2.34. The fourth-order valence-corrected chi connectivity index (χ4v) is 2.79. The molecule has 0 bridgehead atoms. The van der Waals surface area contributed by atoms with Crippen LogP contribution in [-0.4, -0.2) is 52.6 Å². The Labute approximate surface area is 137 Å². The quantitative estimate of drug-likeness (QED) is 0.910. The van der Waals surface area contributed by atoms with Gasteiger partial charge in [-0.15, -0.1) is 0 Å². The molecule has 2 aromatic rings. The van der Waals surface area contributed by atoms with E-state index in [-0.39, 0.29) is 0 Å². The minimum absolute atomic E-state index is 0.716. The van der Waals surface area contributed by atoms with Crippen LogP contribution in [0.3, 0.4) is 0 Å². The van der Waals surface area contributed by atoms with Crippen molar-refractivity contribution in [3.63, 3.8) is 0 Å². The first-order chi connectivity index (χ1) is 11.2. The summed E-state index contributed by atoms with van der Waals surface area (Å²) in [5, 5.41) is 3.37. The second-order valence-electron chi connectivity index (χ2n) is 5.79. The Morgan fingerprint density at radius 2 is 2.00 bits per heavy atom. The zero-order valence-corrected chi connectivity index (χ0v) is 13.9. The van der Waals surface area contributed by atoms with Crippen molar-refractivity contribution < 1.29 is 0 Å². The standard InChI is InChI=1S/C17H24N6/c1-3-22-7-9-23(10-8-22)17-11-16(20-14(2)21-17)19-13-15-5-4-6-18-12-15/h4-6,11-12H,3,7-10,13H2,1-2H3,(H,19,20,21). The monoisotopic (exact) mass is 312 g/mol. The van der Waals surface area contributed by atoms with Gasteiger partial charge in [0, 0.05) is 51.2 Å². The zero-order valence-electron chi connectivity index (χ0n) is 13.9. The van der Waals surface area contributed by atoms with Gasteiger partial charge in [-0.05, 0) is 25.1 Å². The van der Waals surface area contributed by atoms with E-state index in [1.165, 1.54) is 0 Å². The van der Waals surface area contributed by atoms with Gasteiger partial charge in [-0.25, -0.2) is 9.97 Å². The van der Waals surface area contributed by atoms with E-state index < -0.39 is 0 Å². The molecule has 1 fully saturated rings. The Morgan fingerprint density at radius 1 is 1.17 bits per heavy atom. The van der Waals surface area contributed by atoms with Crippen LogP contribution in [-0.2, 0) is 6.54 Å². The number of anilines is 2. The lowest BCUT2D eigenvalue weighted by atomic mass is 10.3. The molecular formula is C17H24N6. The minimum Gasteiger partial charge on any atom is -0.366 e. The van der Waals surface area contributed by atoms with Crippen LogP contribution in [0.1, 0.15) is 18.3 Å². The molecular weight excluding hydrogens is 288 g/mol. The second-order valence-corrected chi connectivity index (χ2v) is 5.79. The first-order valence-electron chi connectivity index (χ1n) is 8.20. The number of hydrogen-bond donors (Lipinski definition) is 1. The van der Waals surface area contributed by atoms with E-state index in [1.54, 1.807) is 6.20 Å². The van der Waals surface area contributed by atoms with Gasteiger partial charge in [0.1, 0.15) is 17.5 Å². The molecule has 1 saturated heterocycles. The molecule has 1 aliphatic rings. The molecule has 2 aromatic heterocycles. The molecule has 122 valence electrons. The highest BCUT2D eigenvalue weighted by atomic mass is 15.3. The fourth-order valence-electron chi connectivity index (χ4n) is 2.79. The number of nitrogens with one attached hydrogen (secondary N) is 1. The maximum absolute atomic E-state index is 4.61. The summed E-state index contributed by atoms with van der Waals surface area (Å²) in [6.45, 7) is 10.2. The SMILES string of the molecule is CCN1CCN(c2cc(NCc3cccnc3)nc(C)n2)CC1. The highest BCUT2D eigenvalue weighted by molar-refractivity contribution is 5.50. The summed E-state index contributed by atoms with van der Waals surface area (Å²) in [6, 6.07) is 6.05. The normalized spacial score (nSPS) is 15.7. The predicted octanol–water partition coefficient (Wildman–Crippen LogP) is 1.93. The lowest BCUT2D eigenvalue weighted by Crippen LogP contribution is -2.46. The molecule has 1 N–H and O–H groups in total. The van der Waals surface area contributed by atoms with Gasteiger partial charge < -0.3 is 15.1 Å². The number of hydrogen-bond acceptors (Lipinski definition) is 6. The molecule has 0 spiro atoms. The largest absolute Gasteiger partial charge is 0.366 e. The van der Waals surface area contributed by atoms with Crippen molar-refractivity contribution in [2.45, 2.75) is 20.4 Å². The molecule has 0 atom stereocenters. The molecule has 0 aromatic carbocycles. The first kappa shape index (κ1) is 15.7. The molecule has 0 amide bonds. The molecule has 0 aliphatic carbocycles. The molecule has 6 heteroatoms. The number of aromatic nitrogens is 3. The summed E-state index contributed by atoms with van der Waals surface area (Å²) in [7, 11) is 0. The molecule has 3 rings (SSSR count). The summed E-state index contributed by atoms with van der Waals surface area (Å²) in [4.78, 5) is 18.0. The highest BCUT2D eigenvalue weighted by Crippen LogP contribution is 2.18. The number of pyridine rings is 1. The molecule has 1 aliphatic heterocycles. The van der Waals surface area contributed by atoms with E-state index in [2.05, 4.69) is 43.1 Å². The molecule has 0 radical (unpaired) electrons. The summed E-state index contributed by atoms with van der Waals surface area (Å²) >= 11 is 0. The van der Waals surface area contributed by atoms with Crippen molar-refractivity contribution in [2.75, 3.05) is 42.9 Å². The average Bonchev–Trinajstić information content (AvgIpc) is 2.60. The third-order valence-electron chi connectivity index (χ3n) is 4.16. The van der Waals surface area contributed by atoms with Crippen LogP contribution < -0.4 is 10.2 Å². The van der Waals surface area contributed by atoms with Crippen LogP contribution in [0, 0.1) is 6.92 Å². The van der Waals surface area contributed by atoms with Crippen molar-refractivity contribution >= 4 is 11.6 Å². The van der Waals surface area contributed by atoms with E-state index in [9.17, 15) is 0 Å². The lowest BCUT2D eigenvalue weighted by molar-refractivity contribution is 0.270. The molecule has 6 nitrogen and oxygen atoms in total. The Morgan fingerprint density at radius 3 is 2.70 bits per heavy atom. The summed E-state index contributed by atoms with van der Waals surface area (Å²) in [5.41, 5.74) is 1.14. The summed E-state index contributed by atoms with van der Waals surface area (Å²) in [6.07, 6.45) is 3.65. The number of rotatable bonds is 5. The molecule has 0 unspecified atom stereocenters. The van der Waals surface area contributed by atoms with Gasteiger partial charge >= 0.3 is 0 Å². The van der Waals surface area contributed by atoms with E-state index in [1.807, 2.05) is 25.3 Å². The first-order valence-corrected chi connectivity index (χ1v) is 8.20. The van der Waals surface area contributed by atoms with Crippen LogP contribution in [0.4, 0.5) is 11.6 Å². The molecule has 3 heterocycles. The summed E-state index contributed by atoms with van der Waals surface area (Å²) in [5.74, 6) is 2.69. The van der Waals surface area contributed by atoms with Crippen LogP contribution in [0.25, 0.3) is 0 Å². The second kappa shape index (κ2) is 7.37. The maximum Gasteiger partial charge on any atom is 0.134 e. The number of aryl methyl sites for hydroxylation is 1. The minimum atomic E-state index is 0.716. The van der Waals surface area contributed by atoms with E-state index in [4.69, 9.17) is 0 Å². The van der Waals surface area contributed by atoms with E-state index in [0.29, 0.717) is 6.54 Å². The Balaban J connectivity index is 1.67. The smallest absolute Gasteiger partial charge is 0.134 e. The van der Waals surface area contributed by atoms with E-state index in [0.717, 1.165) is 55.7 Å². The van der Waals surface area contributed by atoms with Crippen molar-refractivity contribution in [3.05, 3.63) is 42.0 Å². The van der Waals surface area contributed by atoms with Gasteiger partial charge in [-0.1, -0.05) is 13.0 Å². The van der Waals surface area contributed by atoms with Gasteiger partial charge in [0.2, 0.25) is 0 Å². The van der Waals surface area contributed by atoms with Crippen LogP contribution in [0.2, 0.25) is 0 Å². The Bertz CT molecular complexity index is 622. The van der Waals surface area contributed by atoms with Gasteiger partial charge in [0.25, 0.3) is 0 Å². The number of piperazine rings is 1. The van der Waals surface area contributed by atoms with Crippen LogP contribution >= 0.6 is 0 Å². The topological polar surface area (TPSA) is 57.2 Å². The van der Waals surface area contributed by atoms with Crippen LogP contribution in [0.5, 0.6) is 0 Å². The fraction of sp³-hybridized carbons (Fsp3) is 0.471. The zero-order chi connectivity index (χ0) is 16.1. The van der Waals surface area contributed by atoms with Crippen molar-refractivity contribution in [1.29, 1.82) is 0 Å². The Hall–Kier alpha value is -2.21. The maximum atomic E-state index is 4.61. The highest BCUT2D eigenvalue weighted by Gasteiger charge is 2.17.